The monoisotopic (exact) mass is 346 g/mol. The predicted molar refractivity (Wildman–Crippen MR) is 98.1 cm³/mol. The van der Waals surface area contributed by atoms with Crippen LogP contribution in [-0.2, 0) is 11.2 Å². The number of amides is 1. The summed E-state index contributed by atoms with van der Waals surface area (Å²) in [4.78, 5) is 16.8. The van der Waals surface area contributed by atoms with Crippen LogP contribution in [-0.4, -0.2) is 61.8 Å². The fourth-order valence-electron chi connectivity index (χ4n) is 3.95. The molecule has 0 aromatic heterocycles. The molecule has 0 radical (unpaired) electrons. The van der Waals surface area contributed by atoms with Gasteiger partial charge in [-0.15, -0.1) is 0 Å². The number of likely N-dealkylation sites (tertiary alicyclic amines) is 2. The van der Waals surface area contributed by atoms with Crippen LogP contribution in [0.2, 0.25) is 0 Å². The Balaban J connectivity index is 1.39. The maximum Gasteiger partial charge on any atom is 0.409 e. The Hall–Kier alpha value is -1.75. The number of piperidine rings is 2. The van der Waals surface area contributed by atoms with E-state index >= 15 is 0 Å². The highest BCUT2D eigenvalue weighted by molar-refractivity contribution is 5.67. The SMILES string of the molecule is COc1ccccc1CCOC(=O)N1CCC(N2CCCCC2)CC1. The number of benzene rings is 1. The normalized spacial score (nSPS) is 19.6. The highest BCUT2D eigenvalue weighted by Crippen LogP contribution is 2.21. The molecule has 0 spiro atoms. The number of rotatable bonds is 5. The first-order valence-corrected chi connectivity index (χ1v) is 9.55. The van der Waals surface area contributed by atoms with Crippen molar-refractivity contribution in [2.24, 2.45) is 0 Å². The summed E-state index contributed by atoms with van der Waals surface area (Å²) >= 11 is 0. The lowest BCUT2D eigenvalue weighted by molar-refractivity contribution is 0.0666. The van der Waals surface area contributed by atoms with Gasteiger partial charge in [-0.25, -0.2) is 4.79 Å². The van der Waals surface area contributed by atoms with Crippen molar-refractivity contribution in [1.82, 2.24) is 9.80 Å². The van der Waals surface area contributed by atoms with E-state index in [0.29, 0.717) is 19.1 Å². The molecule has 3 rings (SSSR count). The van der Waals surface area contributed by atoms with E-state index in [4.69, 9.17) is 9.47 Å². The summed E-state index contributed by atoms with van der Waals surface area (Å²) in [5, 5.41) is 0. The average molecular weight is 346 g/mol. The molecule has 138 valence electrons. The Morgan fingerprint density at radius 2 is 1.80 bits per heavy atom. The zero-order chi connectivity index (χ0) is 17.5. The Labute approximate surface area is 150 Å². The van der Waals surface area contributed by atoms with E-state index in [1.807, 2.05) is 29.2 Å². The molecular formula is C20H30N2O3. The molecule has 2 fully saturated rings. The second kappa shape index (κ2) is 9.09. The molecule has 0 unspecified atom stereocenters. The molecule has 1 amide bonds. The first-order valence-electron chi connectivity index (χ1n) is 9.55. The average Bonchev–Trinajstić information content (AvgIpc) is 2.69. The van der Waals surface area contributed by atoms with Crippen LogP contribution in [0.5, 0.6) is 5.75 Å². The summed E-state index contributed by atoms with van der Waals surface area (Å²) in [5.41, 5.74) is 1.07. The van der Waals surface area contributed by atoms with Gasteiger partial charge in [-0.1, -0.05) is 24.6 Å². The fraction of sp³-hybridized carbons (Fsp3) is 0.650. The van der Waals surface area contributed by atoms with Gasteiger partial charge in [0.2, 0.25) is 0 Å². The van der Waals surface area contributed by atoms with Crippen molar-refractivity contribution in [3.63, 3.8) is 0 Å². The number of para-hydroxylation sites is 1. The van der Waals surface area contributed by atoms with E-state index in [2.05, 4.69) is 4.90 Å². The van der Waals surface area contributed by atoms with Gasteiger partial charge in [-0.2, -0.15) is 0 Å². The lowest BCUT2D eigenvalue weighted by atomic mass is 10.0. The number of ether oxygens (including phenoxy) is 2. The van der Waals surface area contributed by atoms with E-state index in [9.17, 15) is 4.79 Å². The van der Waals surface area contributed by atoms with Crippen LogP contribution in [0.3, 0.4) is 0 Å². The molecule has 2 aliphatic heterocycles. The van der Waals surface area contributed by atoms with Gasteiger partial charge in [-0.3, -0.25) is 0 Å². The van der Waals surface area contributed by atoms with Crippen molar-refractivity contribution in [3.8, 4) is 5.75 Å². The molecule has 2 aliphatic rings. The first-order chi connectivity index (χ1) is 12.3. The van der Waals surface area contributed by atoms with Gasteiger partial charge in [0.25, 0.3) is 0 Å². The van der Waals surface area contributed by atoms with Crippen molar-refractivity contribution >= 4 is 6.09 Å². The predicted octanol–water partition coefficient (Wildman–Crippen LogP) is 3.32. The lowest BCUT2D eigenvalue weighted by Crippen LogP contribution is -2.48. The van der Waals surface area contributed by atoms with Crippen LogP contribution in [0, 0.1) is 0 Å². The van der Waals surface area contributed by atoms with Gasteiger partial charge in [0.15, 0.2) is 0 Å². The van der Waals surface area contributed by atoms with Crippen LogP contribution in [0.4, 0.5) is 4.79 Å². The summed E-state index contributed by atoms with van der Waals surface area (Å²) in [6, 6.07) is 8.52. The number of carbonyl (C=O) groups excluding carboxylic acids is 1. The van der Waals surface area contributed by atoms with E-state index in [0.717, 1.165) is 37.2 Å². The Bertz CT molecular complexity index is 550. The number of nitrogens with zero attached hydrogens (tertiary/aromatic N) is 2. The second-order valence-electron chi connectivity index (χ2n) is 6.99. The number of hydrogen-bond donors (Lipinski definition) is 0. The van der Waals surface area contributed by atoms with Crippen molar-refractivity contribution in [2.45, 2.75) is 44.6 Å². The molecule has 25 heavy (non-hydrogen) atoms. The van der Waals surface area contributed by atoms with E-state index in [1.54, 1.807) is 7.11 Å². The number of methoxy groups -OCH3 is 1. The maximum atomic E-state index is 12.3. The standard InChI is InChI=1S/C20H30N2O3/c1-24-19-8-4-3-7-17(19)11-16-25-20(23)22-14-9-18(10-15-22)21-12-5-2-6-13-21/h3-4,7-8,18H,2,5-6,9-16H2,1H3. The highest BCUT2D eigenvalue weighted by atomic mass is 16.6. The number of carbonyl (C=O) groups is 1. The Morgan fingerprint density at radius 3 is 2.52 bits per heavy atom. The highest BCUT2D eigenvalue weighted by Gasteiger charge is 2.28. The molecule has 0 aliphatic carbocycles. The van der Waals surface area contributed by atoms with Gasteiger partial charge < -0.3 is 19.3 Å². The van der Waals surface area contributed by atoms with Crippen LogP contribution in [0.25, 0.3) is 0 Å². The first kappa shape index (κ1) is 18.1. The molecule has 0 atom stereocenters. The molecule has 1 aromatic carbocycles. The number of hydrogen-bond acceptors (Lipinski definition) is 4. The summed E-state index contributed by atoms with van der Waals surface area (Å²) in [6.07, 6.45) is 6.67. The maximum absolute atomic E-state index is 12.3. The van der Waals surface area contributed by atoms with Crippen LogP contribution in [0.15, 0.2) is 24.3 Å². The molecule has 1 aromatic rings. The van der Waals surface area contributed by atoms with Crippen LogP contribution < -0.4 is 4.74 Å². The molecule has 2 saturated heterocycles. The minimum Gasteiger partial charge on any atom is -0.496 e. The summed E-state index contributed by atoms with van der Waals surface area (Å²) in [5.74, 6) is 0.848. The minimum absolute atomic E-state index is 0.174. The molecular weight excluding hydrogens is 316 g/mol. The smallest absolute Gasteiger partial charge is 0.409 e. The third kappa shape index (κ3) is 4.88. The van der Waals surface area contributed by atoms with Gasteiger partial charge >= 0.3 is 6.09 Å². The van der Waals surface area contributed by atoms with E-state index in [1.165, 1.54) is 32.4 Å². The zero-order valence-corrected chi connectivity index (χ0v) is 15.3. The minimum atomic E-state index is -0.174. The zero-order valence-electron chi connectivity index (χ0n) is 15.3. The molecule has 0 bridgehead atoms. The van der Waals surface area contributed by atoms with Crippen LogP contribution in [0.1, 0.15) is 37.7 Å². The largest absolute Gasteiger partial charge is 0.496 e. The fourth-order valence-corrected chi connectivity index (χ4v) is 3.95. The van der Waals surface area contributed by atoms with Gasteiger partial charge in [0.1, 0.15) is 5.75 Å². The quantitative estimate of drug-likeness (QED) is 0.820. The van der Waals surface area contributed by atoms with Crippen molar-refractivity contribution in [3.05, 3.63) is 29.8 Å². The van der Waals surface area contributed by atoms with Gasteiger partial charge in [0, 0.05) is 25.6 Å². The molecule has 0 N–H and O–H groups in total. The van der Waals surface area contributed by atoms with Crippen LogP contribution >= 0.6 is 0 Å². The van der Waals surface area contributed by atoms with E-state index < -0.39 is 0 Å². The topological polar surface area (TPSA) is 42.0 Å². The third-order valence-electron chi connectivity index (χ3n) is 5.42. The Kier molecular flexibility index (Phi) is 6.56. The second-order valence-corrected chi connectivity index (χ2v) is 6.99. The summed E-state index contributed by atoms with van der Waals surface area (Å²) in [6.45, 7) is 4.48. The summed E-state index contributed by atoms with van der Waals surface area (Å²) in [7, 11) is 1.66. The third-order valence-corrected chi connectivity index (χ3v) is 5.42. The van der Waals surface area contributed by atoms with E-state index in [-0.39, 0.29) is 6.09 Å². The molecule has 5 nitrogen and oxygen atoms in total. The van der Waals surface area contributed by atoms with Crippen molar-refractivity contribution < 1.29 is 14.3 Å². The molecule has 5 heteroatoms. The van der Waals surface area contributed by atoms with Crippen molar-refractivity contribution in [1.29, 1.82) is 0 Å². The summed E-state index contributed by atoms with van der Waals surface area (Å²) < 4.78 is 10.8. The van der Waals surface area contributed by atoms with Gasteiger partial charge in [-0.05, 0) is 50.4 Å². The lowest BCUT2D eigenvalue weighted by Gasteiger charge is -2.39. The molecule has 2 heterocycles. The molecule has 0 saturated carbocycles. The Morgan fingerprint density at radius 1 is 1.08 bits per heavy atom. The van der Waals surface area contributed by atoms with Gasteiger partial charge in [0.05, 0.1) is 13.7 Å². The van der Waals surface area contributed by atoms with Crippen molar-refractivity contribution in [2.75, 3.05) is 39.9 Å².